The Bertz CT molecular complexity index is 1800. The fourth-order valence-corrected chi connectivity index (χ4v) is 11.3. The van der Waals surface area contributed by atoms with Crippen LogP contribution in [0.2, 0.25) is 0 Å². The Labute approximate surface area is 392 Å². The molecular formula is C51H77O15. The van der Waals surface area contributed by atoms with Crippen LogP contribution in [0, 0.1) is 30.5 Å². The number of carbonyl (C=O) groups is 1. The van der Waals surface area contributed by atoms with Gasteiger partial charge in [0.2, 0.25) is 6.79 Å². The lowest BCUT2D eigenvalue weighted by Crippen LogP contribution is -2.58. The molecule has 0 aromatic carbocycles. The van der Waals surface area contributed by atoms with E-state index < -0.39 is 72.5 Å². The first-order valence-electron chi connectivity index (χ1n) is 24.2. The zero-order chi connectivity index (χ0) is 47.5. The molecule has 3 unspecified atom stereocenters. The molecule has 2 N–H and O–H groups in total. The maximum absolute atomic E-state index is 14.4. The average Bonchev–Trinajstić information content (AvgIpc) is 3.62. The minimum absolute atomic E-state index is 0.0322. The summed E-state index contributed by atoms with van der Waals surface area (Å²) in [5, 5.41) is 23.8. The molecule has 1 aliphatic carbocycles. The lowest BCUT2D eigenvalue weighted by atomic mass is 9.71. The van der Waals surface area contributed by atoms with Gasteiger partial charge >= 0.3 is 5.97 Å². The Morgan fingerprint density at radius 2 is 1.59 bits per heavy atom. The van der Waals surface area contributed by atoms with E-state index in [0.29, 0.717) is 43.3 Å². The molecule has 66 heavy (non-hydrogen) atoms. The number of hydrogen-bond acceptors (Lipinski definition) is 15. The number of aliphatic hydroxyl groups excluding tert-OH is 1. The normalized spacial score (nSPS) is 46.9. The number of esters is 1. The third kappa shape index (κ3) is 11.0. The van der Waals surface area contributed by atoms with E-state index in [-0.39, 0.29) is 61.0 Å². The lowest BCUT2D eigenvalue weighted by molar-refractivity contribution is -0.321. The maximum atomic E-state index is 14.4. The van der Waals surface area contributed by atoms with Crippen LogP contribution in [0.1, 0.15) is 100 Å². The van der Waals surface area contributed by atoms with Crippen molar-refractivity contribution in [2.24, 2.45) is 23.7 Å². The summed E-state index contributed by atoms with van der Waals surface area (Å²) in [5.41, 5.74) is 0.142. The van der Waals surface area contributed by atoms with E-state index in [1.807, 2.05) is 32.1 Å². The van der Waals surface area contributed by atoms with E-state index in [9.17, 15) is 15.0 Å². The largest absolute Gasteiger partial charge is 0.462 e. The molecule has 15 heteroatoms. The molecule has 4 fully saturated rings. The van der Waals surface area contributed by atoms with Crippen molar-refractivity contribution in [2.45, 2.75) is 198 Å². The van der Waals surface area contributed by atoms with Gasteiger partial charge in [0.25, 0.3) is 0 Å². The molecule has 1 radical (unpaired) electrons. The highest BCUT2D eigenvalue weighted by Crippen LogP contribution is 2.47. The highest BCUT2D eigenvalue weighted by molar-refractivity contribution is 5.78. The number of rotatable bonds is 12. The molecule has 371 valence electrons. The summed E-state index contributed by atoms with van der Waals surface area (Å²) in [6, 6.07) is 0. The standard InChI is InChI=1S/C51H77O15/c1-12-14-28(2)45-31(5)19-20-50(66-45)25-37-22-36(65-50)18-17-30(4)44(29(3)15-13-16-35-26-58-48-43(52)32(6)21-38(49(53)62-37)51(35,48)54)63-41-24-40(57-11)47(34(8)61-41)64-42-23-39(56-10)46(33(7)60-42)59-27-55-9/h13,15-17,19-21,27-29,31,33-34,36-48,52,54H,12,14,18,22-26H2,1-11H3/b15-13+,30-17+,35-16+/t28?,29?,31-,33-,34-,36+,37-,38-,39-,40-,41?,42-,43+,44-,45+,46+,47-,48+,50+,51+/m0/s1. The fraction of sp³-hybridized carbons (Fsp3) is 0.765. The summed E-state index contributed by atoms with van der Waals surface area (Å²) < 4.78 is 75.4. The Morgan fingerprint density at radius 3 is 2.29 bits per heavy atom. The molecule has 1 spiro atoms. The molecule has 2 bridgehead atoms. The summed E-state index contributed by atoms with van der Waals surface area (Å²) in [5.74, 6) is -2.55. The second-order valence-electron chi connectivity index (χ2n) is 19.8. The summed E-state index contributed by atoms with van der Waals surface area (Å²) in [4.78, 5) is 14.4. The van der Waals surface area contributed by atoms with Crippen LogP contribution in [0.5, 0.6) is 0 Å². The quantitative estimate of drug-likeness (QED) is 0.159. The molecule has 7 aliphatic rings. The van der Waals surface area contributed by atoms with Crippen molar-refractivity contribution in [1.82, 2.24) is 0 Å². The number of methoxy groups -OCH3 is 3. The van der Waals surface area contributed by atoms with Crippen molar-refractivity contribution >= 4 is 5.97 Å². The summed E-state index contributed by atoms with van der Waals surface area (Å²) in [6.45, 7) is 17.6. The molecule has 6 heterocycles. The van der Waals surface area contributed by atoms with E-state index in [2.05, 4.69) is 46.8 Å². The van der Waals surface area contributed by atoms with Crippen molar-refractivity contribution < 1.29 is 71.8 Å². The number of aliphatic hydroxyl groups is 2. The zero-order valence-corrected chi connectivity index (χ0v) is 40.9. The van der Waals surface area contributed by atoms with E-state index >= 15 is 0 Å². The van der Waals surface area contributed by atoms with Gasteiger partial charge in [0.1, 0.15) is 42.0 Å². The molecule has 0 saturated carbocycles. The van der Waals surface area contributed by atoms with Gasteiger partial charge in [-0.05, 0) is 69.2 Å². The van der Waals surface area contributed by atoms with Crippen LogP contribution in [0.4, 0.5) is 0 Å². The average molecular weight is 930 g/mol. The Morgan fingerprint density at radius 1 is 0.894 bits per heavy atom. The van der Waals surface area contributed by atoms with Gasteiger partial charge in [-0.15, -0.1) is 0 Å². The number of ether oxygens (including phenoxy) is 12. The third-order valence-electron chi connectivity index (χ3n) is 14.9. The van der Waals surface area contributed by atoms with Gasteiger partial charge in [-0.3, -0.25) is 4.79 Å². The SMILES string of the molecule is CCCC(C)[C@H]1O[C@]2(C=C[C@@H]1C)C[C@@H]1C[C@@H](C/C=C(\C)[C@@H](OC3C[C@H](OC)[C@@H](O[C@H]4C[C@H](OC)[C@H](O[CH]OC)[C@H](C)O4)[C@H](C)O3)C(C)/C=C/C=C3\CO[C@@H]4[C@H](O)C(C)=C[C@@H](C(=O)O1)[C@]34O)O2. The van der Waals surface area contributed by atoms with E-state index in [1.165, 1.54) is 13.9 Å². The number of hydrogen-bond donors (Lipinski definition) is 2. The molecule has 0 aromatic heterocycles. The first kappa shape index (κ1) is 51.5. The molecule has 15 nitrogen and oxygen atoms in total. The van der Waals surface area contributed by atoms with Crippen LogP contribution in [-0.2, 0) is 61.6 Å². The first-order chi connectivity index (χ1) is 31.5. The van der Waals surface area contributed by atoms with E-state index in [4.69, 9.17) is 56.8 Å². The van der Waals surface area contributed by atoms with Gasteiger partial charge in [-0.2, -0.15) is 0 Å². The lowest BCUT2D eigenvalue weighted by Gasteiger charge is -2.48. The predicted molar refractivity (Wildman–Crippen MR) is 242 cm³/mol. The van der Waals surface area contributed by atoms with Crippen LogP contribution in [0.3, 0.4) is 0 Å². The molecule has 7 rings (SSSR count). The third-order valence-corrected chi connectivity index (χ3v) is 14.9. The molecule has 0 aromatic rings. The topological polar surface area (TPSA) is 168 Å². The van der Waals surface area contributed by atoms with Crippen LogP contribution in [0.15, 0.2) is 59.3 Å². The maximum Gasteiger partial charge on any atom is 0.316 e. The van der Waals surface area contributed by atoms with Gasteiger partial charge in [0.05, 0.1) is 49.3 Å². The molecule has 4 saturated heterocycles. The van der Waals surface area contributed by atoms with Crippen molar-refractivity contribution in [1.29, 1.82) is 0 Å². The molecule has 20 atom stereocenters. The second kappa shape index (κ2) is 22.2. The Hall–Kier alpha value is -2.35. The highest BCUT2D eigenvalue weighted by Gasteiger charge is 2.60. The molecule has 6 aliphatic heterocycles. The molecular weight excluding hydrogens is 853 g/mol. The van der Waals surface area contributed by atoms with Crippen molar-refractivity contribution in [3.8, 4) is 0 Å². The number of fused-ring (bicyclic) bond motifs is 2. The van der Waals surface area contributed by atoms with Crippen molar-refractivity contribution in [3.05, 3.63) is 66.0 Å². The van der Waals surface area contributed by atoms with Crippen LogP contribution >= 0.6 is 0 Å². The first-order valence-corrected chi connectivity index (χ1v) is 24.2. The molecule has 0 amide bonds. The second-order valence-corrected chi connectivity index (χ2v) is 19.8. The minimum atomic E-state index is -1.84. The monoisotopic (exact) mass is 930 g/mol. The van der Waals surface area contributed by atoms with Gasteiger partial charge < -0.3 is 67.1 Å². The summed E-state index contributed by atoms with van der Waals surface area (Å²) in [7, 11) is 4.83. The van der Waals surface area contributed by atoms with Crippen LogP contribution in [0.25, 0.3) is 0 Å². The fourth-order valence-electron chi connectivity index (χ4n) is 11.3. The predicted octanol–water partition coefficient (Wildman–Crippen LogP) is 6.56. The Kier molecular flexibility index (Phi) is 17.3. The van der Waals surface area contributed by atoms with Gasteiger partial charge in [0.15, 0.2) is 18.4 Å². The Balaban J connectivity index is 1.16. The van der Waals surface area contributed by atoms with Gasteiger partial charge in [0, 0.05) is 58.8 Å². The highest BCUT2D eigenvalue weighted by atomic mass is 16.7. The van der Waals surface area contributed by atoms with E-state index in [0.717, 1.165) is 18.4 Å². The zero-order valence-electron chi connectivity index (χ0n) is 40.9. The summed E-state index contributed by atoms with van der Waals surface area (Å²) in [6.07, 6.45) is 10.5. The van der Waals surface area contributed by atoms with Crippen LogP contribution < -0.4 is 0 Å². The van der Waals surface area contributed by atoms with Crippen molar-refractivity contribution in [3.63, 3.8) is 0 Å². The van der Waals surface area contributed by atoms with Gasteiger partial charge in [-0.25, -0.2) is 0 Å². The van der Waals surface area contributed by atoms with E-state index in [1.54, 1.807) is 33.3 Å². The summed E-state index contributed by atoms with van der Waals surface area (Å²) >= 11 is 0. The minimum Gasteiger partial charge on any atom is -0.462 e. The van der Waals surface area contributed by atoms with Crippen LogP contribution in [-0.4, -0.2) is 141 Å². The number of carbonyl (C=O) groups excluding carboxylic acids is 1. The van der Waals surface area contributed by atoms with Gasteiger partial charge in [-0.1, -0.05) is 70.6 Å². The smallest absolute Gasteiger partial charge is 0.316 e. The van der Waals surface area contributed by atoms with Crippen molar-refractivity contribution in [2.75, 3.05) is 27.9 Å². The number of allylic oxidation sites excluding steroid dienone is 2.